The number of aliphatic hydroxyl groups excluding tert-OH is 1. The van der Waals surface area contributed by atoms with Gasteiger partial charge in [0.1, 0.15) is 5.75 Å². The summed E-state index contributed by atoms with van der Waals surface area (Å²) in [5.74, 6) is -0.260. The third-order valence-electron chi connectivity index (χ3n) is 2.94. The van der Waals surface area contributed by atoms with Crippen LogP contribution >= 0.6 is 0 Å². The van der Waals surface area contributed by atoms with E-state index >= 15 is 0 Å². The van der Waals surface area contributed by atoms with E-state index in [1.165, 1.54) is 24.3 Å². The van der Waals surface area contributed by atoms with Crippen LogP contribution in [-0.2, 0) is 12.8 Å². The smallest absolute Gasteiger partial charge is 0.406 e. The fourth-order valence-corrected chi connectivity index (χ4v) is 2.06. The van der Waals surface area contributed by atoms with Gasteiger partial charge < -0.3 is 9.84 Å². The molecule has 2 aromatic rings. The van der Waals surface area contributed by atoms with Crippen LogP contribution in [0.5, 0.6) is 5.75 Å². The fraction of sp³-hybridized carbons (Fsp3) is 0.250. The zero-order valence-electron chi connectivity index (χ0n) is 11.2. The van der Waals surface area contributed by atoms with E-state index in [2.05, 4.69) is 4.74 Å². The largest absolute Gasteiger partial charge is 0.573 e. The molecule has 0 fully saturated rings. The summed E-state index contributed by atoms with van der Waals surface area (Å²) in [6, 6.07) is 15.1. The first-order chi connectivity index (χ1) is 9.92. The van der Waals surface area contributed by atoms with Crippen molar-refractivity contribution in [2.75, 3.05) is 0 Å². The van der Waals surface area contributed by atoms with Crippen LogP contribution in [0.3, 0.4) is 0 Å². The van der Waals surface area contributed by atoms with Crippen molar-refractivity contribution in [3.05, 3.63) is 65.7 Å². The number of hydrogen-bond donors (Lipinski definition) is 1. The number of ether oxygens (including phenoxy) is 1. The highest BCUT2D eigenvalue weighted by atomic mass is 19.4. The molecule has 5 heteroatoms. The second-order valence-corrected chi connectivity index (χ2v) is 4.74. The van der Waals surface area contributed by atoms with Gasteiger partial charge in [-0.1, -0.05) is 42.5 Å². The molecule has 0 amide bonds. The van der Waals surface area contributed by atoms with Gasteiger partial charge in [-0.05, 0) is 36.1 Å². The molecule has 0 aliphatic heterocycles. The normalized spacial score (nSPS) is 13.0. The maximum Gasteiger partial charge on any atom is 0.573 e. The summed E-state index contributed by atoms with van der Waals surface area (Å²) >= 11 is 0. The molecule has 0 aliphatic rings. The molecule has 112 valence electrons. The van der Waals surface area contributed by atoms with Crippen LogP contribution in [0.15, 0.2) is 54.6 Å². The van der Waals surface area contributed by atoms with Crippen LogP contribution in [0.2, 0.25) is 0 Å². The summed E-state index contributed by atoms with van der Waals surface area (Å²) in [5, 5.41) is 10.0. The third kappa shape index (κ3) is 5.47. The standard InChI is InChI=1S/C16H15F3O2/c17-16(18,19)21-15-8-6-13(7-9-15)11-14(20)10-12-4-2-1-3-5-12/h1-9,14,20H,10-11H2. The summed E-state index contributed by atoms with van der Waals surface area (Å²) in [6.45, 7) is 0. The van der Waals surface area contributed by atoms with E-state index < -0.39 is 12.5 Å². The Hall–Kier alpha value is -2.01. The van der Waals surface area contributed by atoms with Crippen LogP contribution < -0.4 is 4.74 Å². The molecule has 2 nitrogen and oxygen atoms in total. The monoisotopic (exact) mass is 296 g/mol. The zero-order valence-corrected chi connectivity index (χ0v) is 11.2. The summed E-state index contributed by atoms with van der Waals surface area (Å²) in [6.07, 6.45) is -4.39. The summed E-state index contributed by atoms with van der Waals surface area (Å²) in [7, 11) is 0. The van der Waals surface area contributed by atoms with Crippen molar-refractivity contribution in [1.29, 1.82) is 0 Å². The Morgan fingerprint density at radius 1 is 0.857 bits per heavy atom. The minimum absolute atomic E-state index is 0.260. The molecular weight excluding hydrogens is 281 g/mol. The van der Waals surface area contributed by atoms with Crippen molar-refractivity contribution in [3.8, 4) is 5.75 Å². The van der Waals surface area contributed by atoms with Gasteiger partial charge in [0, 0.05) is 0 Å². The molecule has 21 heavy (non-hydrogen) atoms. The average Bonchev–Trinajstić information content (AvgIpc) is 2.40. The van der Waals surface area contributed by atoms with Gasteiger partial charge in [0.25, 0.3) is 0 Å². The van der Waals surface area contributed by atoms with Gasteiger partial charge in [-0.3, -0.25) is 0 Å². The highest BCUT2D eigenvalue weighted by molar-refractivity contribution is 5.28. The number of rotatable bonds is 5. The van der Waals surface area contributed by atoms with E-state index in [1.807, 2.05) is 30.3 Å². The summed E-state index contributed by atoms with van der Waals surface area (Å²) in [4.78, 5) is 0. The van der Waals surface area contributed by atoms with Crippen molar-refractivity contribution < 1.29 is 23.0 Å². The van der Waals surface area contributed by atoms with E-state index in [0.29, 0.717) is 12.8 Å². The second-order valence-electron chi connectivity index (χ2n) is 4.74. The van der Waals surface area contributed by atoms with Gasteiger partial charge in [0.05, 0.1) is 6.10 Å². The number of hydrogen-bond acceptors (Lipinski definition) is 2. The summed E-state index contributed by atoms with van der Waals surface area (Å²) in [5.41, 5.74) is 1.77. The molecule has 2 aromatic carbocycles. The first-order valence-corrected chi connectivity index (χ1v) is 6.49. The Labute approximate surface area is 120 Å². The minimum Gasteiger partial charge on any atom is -0.406 e. The summed E-state index contributed by atoms with van der Waals surface area (Å²) < 4.78 is 39.9. The van der Waals surface area contributed by atoms with Gasteiger partial charge in [-0.25, -0.2) is 0 Å². The predicted molar refractivity (Wildman–Crippen MR) is 73.0 cm³/mol. The van der Waals surface area contributed by atoms with Crippen molar-refractivity contribution in [3.63, 3.8) is 0 Å². The van der Waals surface area contributed by atoms with Crippen LogP contribution in [0, 0.1) is 0 Å². The molecule has 0 saturated heterocycles. The second kappa shape index (κ2) is 6.63. The number of benzene rings is 2. The molecule has 0 heterocycles. The topological polar surface area (TPSA) is 29.5 Å². The molecule has 0 aliphatic carbocycles. The minimum atomic E-state index is -4.69. The first kappa shape index (κ1) is 15.4. The maximum atomic E-state index is 12.0. The van der Waals surface area contributed by atoms with Crippen LogP contribution in [0.4, 0.5) is 13.2 Å². The number of aliphatic hydroxyl groups is 1. The lowest BCUT2D eigenvalue weighted by molar-refractivity contribution is -0.274. The Morgan fingerprint density at radius 3 is 1.90 bits per heavy atom. The number of halogens is 3. The average molecular weight is 296 g/mol. The van der Waals surface area contributed by atoms with Crippen molar-refractivity contribution in [1.82, 2.24) is 0 Å². The van der Waals surface area contributed by atoms with Crippen LogP contribution in [0.25, 0.3) is 0 Å². The SMILES string of the molecule is OC(Cc1ccccc1)Cc1ccc(OC(F)(F)F)cc1. The highest BCUT2D eigenvalue weighted by Crippen LogP contribution is 2.23. The molecule has 0 spiro atoms. The first-order valence-electron chi connectivity index (χ1n) is 6.49. The molecule has 1 unspecified atom stereocenters. The van der Waals surface area contributed by atoms with Crippen molar-refractivity contribution in [2.24, 2.45) is 0 Å². The lowest BCUT2D eigenvalue weighted by Gasteiger charge is -2.12. The molecular formula is C16H15F3O2. The lowest BCUT2D eigenvalue weighted by atomic mass is 10.0. The fourth-order valence-electron chi connectivity index (χ4n) is 2.06. The van der Waals surface area contributed by atoms with Gasteiger partial charge in [0.15, 0.2) is 0 Å². The van der Waals surface area contributed by atoms with Crippen molar-refractivity contribution in [2.45, 2.75) is 25.3 Å². The van der Waals surface area contributed by atoms with Crippen molar-refractivity contribution >= 4 is 0 Å². The molecule has 1 N–H and O–H groups in total. The van der Waals surface area contributed by atoms with Crippen LogP contribution in [-0.4, -0.2) is 17.6 Å². The molecule has 0 aromatic heterocycles. The van der Waals surface area contributed by atoms with E-state index in [9.17, 15) is 18.3 Å². The molecule has 0 bridgehead atoms. The Morgan fingerprint density at radius 2 is 1.38 bits per heavy atom. The highest BCUT2D eigenvalue weighted by Gasteiger charge is 2.30. The Bertz CT molecular complexity index is 550. The molecule has 2 rings (SSSR count). The van der Waals surface area contributed by atoms with E-state index in [4.69, 9.17) is 0 Å². The predicted octanol–water partition coefficient (Wildman–Crippen LogP) is 3.73. The van der Waals surface area contributed by atoms with E-state index in [1.54, 1.807) is 0 Å². The molecule has 0 saturated carbocycles. The van der Waals surface area contributed by atoms with Gasteiger partial charge in [0.2, 0.25) is 0 Å². The van der Waals surface area contributed by atoms with Gasteiger partial charge in [-0.15, -0.1) is 13.2 Å². The van der Waals surface area contributed by atoms with Gasteiger partial charge >= 0.3 is 6.36 Å². The Balaban J connectivity index is 1.91. The lowest BCUT2D eigenvalue weighted by Crippen LogP contribution is -2.17. The Kier molecular flexibility index (Phi) is 4.85. The third-order valence-corrected chi connectivity index (χ3v) is 2.94. The maximum absolute atomic E-state index is 12.0. The van der Waals surface area contributed by atoms with E-state index in [0.717, 1.165) is 11.1 Å². The van der Waals surface area contributed by atoms with Crippen LogP contribution in [0.1, 0.15) is 11.1 Å². The number of alkyl halides is 3. The zero-order chi connectivity index (χ0) is 15.3. The molecule has 1 atom stereocenters. The molecule has 0 radical (unpaired) electrons. The van der Waals surface area contributed by atoms with Gasteiger partial charge in [-0.2, -0.15) is 0 Å². The quantitative estimate of drug-likeness (QED) is 0.911. The van der Waals surface area contributed by atoms with E-state index in [-0.39, 0.29) is 5.75 Å².